The lowest BCUT2D eigenvalue weighted by molar-refractivity contribution is 0.0626. The minimum Gasteiger partial charge on any atom is -0.504 e. The zero-order valence-corrected chi connectivity index (χ0v) is 15.0. The zero-order chi connectivity index (χ0) is 18.4. The lowest BCUT2D eigenvalue weighted by atomic mass is 9.83. The van der Waals surface area contributed by atoms with Gasteiger partial charge in [0.05, 0.1) is 32.9 Å². The molecule has 2 aromatic rings. The van der Waals surface area contributed by atoms with Crippen molar-refractivity contribution in [3.8, 4) is 23.0 Å². The van der Waals surface area contributed by atoms with Crippen molar-refractivity contribution in [3.63, 3.8) is 0 Å². The fraction of sp³-hybridized carbons (Fsp3) is 0.350. The van der Waals surface area contributed by atoms with Gasteiger partial charge in [-0.05, 0) is 47.7 Å². The van der Waals surface area contributed by atoms with Crippen molar-refractivity contribution in [1.82, 2.24) is 4.90 Å². The second-order valence-electron chi connectivity index (χ2n) is 6.53. The molecule has 0 radical (unpaired) electrons. The summed E-state index contributed by atoms with van der Waals surface area (Å²) in [5.41, 5.74) is 3.59. The summed E-state index contributed by atoms with van der Waals surface area (Å²) in [7, 11) is 4.65. The summed E-state index contributed by atoms with van der Waals surface area (Å²) in [5, 5.41) is 10.2. The average molecular weight is 355 g/mol. The number of phenolic OH excluding ortho intramolecular Hbond substituents is 1. The van der Waals surface area contributed by atoms with E-state index in [0.717, 1.165) is 23.1 Å². The van der Waals surface area contributed by atoms with Crippen molar-refractivity contribution in [1.29, 1.82) is 0 Å². The molecule has 0 fully saturated rings. The molecule has 2 aliphatic heterocycles. The number of hydrogen-bond donors (Lipinski definition) is 1. The second kappa shape index (κ2) is 6.12. The predicted octanol–water partition coefficient (Wildman–Crippen LogP) is 2.71. The molecule has 6 nitrogen and oxygen atoms in total. The van der Waals surface area contributed by atoms with Gasteiger partial charge >= 0.3 is 0 Å². The van der Waals surface area contributed by atoms with Crippen LogP contribution in [0.1, 0.15) is 33.1 Å². The van der Waals surface area contributed by atoms with Gasteiger partial charge in [-0.25, -0.2) is 0 Å². The quantitative estimate of drug-likeness (QED) is 0.917. The monoisotopic (exact) mass is 355 g/mol. The van der Waals surface area contributed by atoms with Gasteiger partial charge in [-0.2, -0.15) is 0 Å². The second-order valence-corrected chi connectivity index (χ2v) is 6.53. The van der Waals surface area contributed by atoms with E-state index >= 15 is 0 Å². The van der Waals surface area contributed by atoms with E-state index in [-0.39, 0.29) is 17.7 Å². The molecule has 1 atom stereocenters. The SMILES string of the molecule is COc1cc2c(cc1O)[C@@H]1Cc3ccc(OC)c(OC)c3C(=O)N1CC2. The van der Waals surface area contributed by atoms with Gasteiger partial charge in [0.25, 0.3) is 5.91 Å². The number of fused-ring (bicyclic) bond motifs is 4. The Balaban J connectivity index is 1.83. The number of methoxy groups -OCH3 is 3. The molecule has 2 heterocycles. The van der Waals surface area contributed by atoms with Gasteiger partial charge in [0, 0.05) is 6.54 Å². The maximum absolute atomic E-state index is 13.2. The topological polar surface area (TPSA) is 68.2 Å². The number of carbonyl (C=O) groups is 1. The molecule has 0 bridgehead atoms. The molecule has 136 valence electrons. The summed E-state index contributed by atoms with van der Waals surface area (Å²) >= 11 is 0. The van der Waals surface area contributed by atoms with E-state index in [0.29, 0.717) is 35.8 Å². The molecule has 4 rings (SSSR count). The number of phenols is 1. The molecule has 0 saturated heterocycles. The van der Waals surface area contributed by atoms with Crippen molar-refractivity contribution in [2.24, 2.45) is 0 Å². The minimum atomic E-state index is -0.103. The Kier molecular flexibility index (Phi) is 3.90. The third-order valence-electron chi connectivity index (χ3n) is 5.32. The smallest absolute Gasteiger partial charge is 0.258 e. The van der Waals surface area contributed by atoms with Crippen molar-refractivity contribution in [2.45, 2.75) is 18.9 Å². The fourth-order valence-corrected chi connectivity index (χ4v) is 4.07. The van der Waals surface area contributed by atoms with Crippen LogP contribution in [0.2, 0.25) is 0 Å². The number of hydrogen-bond acceptors (Lipinski definition) is 5. The summed E-state index contributed by atoms with van der Waals surface area (Å²) in [6, 6.07) is 7.24. The number of aromatic hydroxyl groups is 1. The molecule has 6 heteroatoms. The predicted molar refractivity (Wildman–Crippen MR) is 95.4 cm³/mol. The van der Waals surface area contributed by atoms with E-state index in [1.54, 1.807) is 20.3 Å². The molecular weight excluding hydrogens is 334 g/mol. The number of benzene rings is 2. The van der Waals surface area contributed by atoms with E-state index < -0.39 is 0 Å². The maximum atomic E-state index is 13.2. The lowest BCUT2D eigenvalue weighted by Crippen LogP contribution is -2.44. The van der Waals surface area contributed by atoms with Crippen LogP contribution in [0.4, 0.5) is 0 Å². The third kappa shape index (κ3) is 2.29. The number of amides is 1. The van der Waals surface area contributed by atoms with Gasteiger partial charge in [-0.15, -0.1) is 0 Å². The van der Waals surface area contributed by atoms with Crippen LogP contribution in [-0.4, -0.2) is 43.8 Å². The Morgan fingerprint density at radius 1 is 1.04 bits per heavy atom. The highest BCUT2D eigenvalue weighted by Crippen LogP contribution is 2.45. The van der Waals surface area contributed by atoms with E-state index in [2.05, 4.69) is 0 Å². The van der Waals surface area contributed by atoms with Gasteiger partial charge in [0.2, 0.25) is 0 Å². The van der Waals surface area contributed by atoms with Crippen molar-refractivity contribution in [3.05, 3.63) is 46.5 Å². The molecule has 1 N–H and O–H groups in total. The maximum Gasteiger partial charge on any atom is 0.258 e. The third-order valence-corrected chi connectivity index (χ3v) is 5.32. The first-order valence-electron chi connectivity index (χ1n) is 8.53. The fourth-order valence-electron chi connectivity index (χ4n) is 4.07. The molecule has 1 amide bonds. The van der Waals surface area contributed by atoms with Crippen molar-refractivity contribution < 1.29 is 24.1 Å². The van der Waals surface area contributed by atoms with E-state index in [1.165, 1.54) is 7.11 Å². The van der Waals surface area contributed by atoms with E-state index in [1.807, 2.05) is 23.1 Å². The van der Waals surface area contributed by atoms with E-state index in [9.17, 15) is 9.90 Å². The standard InChI is InChI=1S/C20H21NO5/c1-24-16-5-4-12-8-14-13-10-15(22)17(25-2)9-11(13)6-7-21(14)20(23)18(12)19(16)26-3/h4-5,9-10,14,22H,6-8H2,1-3H3/t14-/m0/s1. The molecule has 0 unspecified atom stereocenters. The van der Waals surface area contributed by atoms with Crippen LogP contribution < -0.4 is 14.2 Å². The first-order chi connectivity index (χ1) is 12.6. The number of nitrogens with zero attached hydrogens (tertiary/aromatic N) is 1. The highest BCUT2D eigenvalue weighted by molar-refractivity contribution is 6.01. The summed E-state index contributed by atoms with van der Waals surface area (Å²) < 4.78 is 16.0. The first kappa shape index (κ1) is 16.6. The Bertz CT molecular complexity index is 892. The van der Waals surface area contributed by atoms with Gasteiger partial charge in [-0.3, -0.25) is 4.79 Å². The zero-order valence-electron chi connectivity index (χ0n) is 15.0. The molecule has 2 aromatic carbocycles. The molecule has 2 aliphatic rings. The number of ether oxygens (including phenoxy) is 3. The van der Waals surface area contributed by atoms with Crippen molar-refractivity contribution in [2.75, 3.05) is 27.9 Å². The number of carbonyl (C=O) groups excluding carboxylic acids is 1. The van der Waals surface area contributed by atoms with Crippen LogP contribution in [0.5, 0.6) is 23.0 Å². The van der Waals surface area contributed by atoms with Gasteiger partial charge in [0.15, 0.2) is 23.0 Å². The van der Waals surface area contributed by atoms with Crippen LogP contribution >= 0.6 is 0 Å². The Hall–Kier alpha value is -2.89. The Labute approximate surface area is 151 Å². The molecule has 0 saturated carbocycles. The highest BCUT2D eigenvalue weighted by atomic mass is 16.5. The summed E-state index contributed by atoms with van der Waals surface area (Å²) in [6.45, 7) is 0.615. The molecule has 26 heavy (non-hydrogen) atoms. The van der Waals surface area contributed by atoms with Gasteiger partial charge < -0.3 is 24.2 Å². The summed E-state index contributed by atoms with van der Waals surface area (Å²) in [5.74, 6) is 1.53. The molecular formula is C20H21NO5. The highest BCUT2D eigenvalue weighted by Gasteiger charge is 2.39. The lowest BCUT2D eigenvalue weighted by Gasteiger charge is -2.41. The van der Waals surface area contributed by atoms with Gasteiger partial charge in [0.1, 0.15) is 0 Å². The molecule has 0 aliphatic carbocycles. The molecule has 0 spiro atoms. The Morgan fingerprint density at radius 3 is 2.50 bits per heavy atom. The van der Waals surface area contributed by atoms with Crippen LogP contribution in [-0.2, 0) is 12.8 Å². The van der Waals surface area contributed by atoms with Crippen LogP contribution in [0.25, 0.3) is 0 Å². The molecule has 0 aromatic heterocycles. The van der Waals surface area contributed by atoms with Crippen LogP contribution in [0, 0.1) is 0 Å². The number of rotatable bonds is 3. The van der Waals surface area contributed by atoms with Crippen LogP contribution in [0.3, 0.4) is 0 Å². The minimum absolute atomic E-state index is 0.0621. The summed E-state index contributed by atoms with van der Waals surface area (Å²) in [6.07, 6.45) is 1.38. The van der Waals surface area contributed by atoms with E-state index in [4.69, 9.17) is 14.2 Å². The Morgan fingerprint density at radius 2 is 1.81 bits per heavy atom. The van der Waals surface area contributed by atoms with Crippen LogP contribution in [0.15, 0.2) is 24.3 Å². The average Bonchev–Trinajstić information content (AvgIpc) is 2.66. The normalized spacial score (nSPS) is 17.9. The summed E-state index contributed by atoms with van der Waals surface area (Å²) in [4.78, 5) is 15.1. The van der Waals surface area contributed by atoms with Crippen molar-refractivity contribution >= 4 is 5.91 Å². The van der Waals surface area contributed by atoms with Gasteiger partial charge in [-0.1, -0.05) is 6.07 Å². The largest absolute Gasteiger partial charge is 0.504 e. The first-order valence-corrected chi connectivity index (χ1v) is 8.53.